The number of hydrogen-bond acceptors (Lipinski definition) is 3. The predicted octanol–water partition coefficient (Wildman–Crippen LogP) is 4.96. The standard InChI is InChI=1S/C17H8Cl2N4/c18-12-6-10-11(8-20)15-17(21-14(10)7-13(12)19)23-16(22-15)9-4-2-1-3-5-9/h1-7H,(H,21,22,23). The average molecular weight is 339 g/mol. The zero-order chi connectivity index (χ0) is 16.0. The Kier molecular flexibility index (Phi) is 3.19. The van der Waals surface area contributed by atoms with Crippen molar-refractivity contribution in [2.24, 2.45) is 0 Å². The highest BCUT2D eigenvalue weighted by molar-refractivity contribution is 6.42. The van der Waals surface area contributed by atoms with E-state index < -0.39 is 0 Å². The maximum Gasteiger partial charge on any atom is 0.180 e. The van der Waals surface area contributed by atoms with Gasteiger partial charge in [-0.2, -0.15) is 5.26 Å². The van der Waals surface area contributed by atoms with E-state index in [0.717, 1.165) is 5.56 Å². The fraction of sp³-hybridized carbons (Fsp3) is 0. The Hall–Kier alpha value is -2.61. The van der Waals surface area contributed by atoms with Crippen LogP contribution in [0.5, 0.6) is 0 Å². The summed E-state index contributed by atoms with van der Waals surface area (Å²) in [7, 11) is 0. The summed E-state index contributed by atoms with van der Waals surface area (Å²) >= 11 is 12.1. The predicted molar refractivity (Wildman–Crippen MR) is 91.6 cm³/mol. The molecule has 0 aliphatic carbocycles. The minimum Gasteiger partial charge on any atom is -0.335 e. The molecule has 0 atom stereocenters. The Bertz CT molecular complexity index is 1090. The van der Waals surface area contributed by atoms with Gasteiger partial charge in [-0.3, -0.25) is 0 Å². The Balaban J connectivity index is 2.08. The first-order valence-electron chi connectivity index (χ1n) is 6.81. The molecule has 0 spiro atoms. The molecule has 1 N–H and O–H groups in total. The van der Waals surface area contributed by atoms with Crippen LogP contribution in [0.2, 0.25) is 10.0 Å². The number of aromatic amines is 1. The van der Waals surface area contributed by atoms with Gasteiger partial charge in [0.1, 0.15) is 17.4 Å². The molecule has 0 aliphatic heterocycles. The molecule has 23 heavy (non-hydrogen) atoms. The number of rotatable bonds is 1. The van der Waals surface area contributed by atoms with Gasteiger partial charge in [0.15, 0.2) is 5.65 Å². The minimum absolute atomic E-state index is 0.389. The molecule has 2 heterocycles. The average Bonchev–Trinajstić information content (AvgIpc) is 2.98. The third-order valence-electron chi connectivity index (χ3n) is 3.63. The molecule has 0 unspecified atom stereocenters. The van der Waals surface area contributed by atoms with Crippen LogP contribution in [0.4, 0.5) is 0 Å². The quantitative estimate of drug-likeness (QED) is 0.533. The van der Waals surface area contributed by atoms with Crippen molar-refractivity contribution in [3.05, 3.63) is 58.1 Å². The zero-order valence-electron chi connectivity index (χ0n) is 11.6. The van der Waals surface area contributed by atoms with Crippen LogP contribution < -0.4 is 0 Å². The summed E-state index contributed by atoms with van der Waals surface area (Å²) in [5, 5.41) is 11.0. The van der Waals surface area contributed by atoms with Gasteiger partial charge in [0, 0.05) is 10.9 Å². The Morgan fingerprint density at radius 2 is 1.74 bits per heavy atom. The summed E-state index contributed by atoms with van der Waals surface area (Å²) in [6, 6.07) is 15.2. The highest BCUT2D eigenvalue weighted by Crippen LogP contribution is 2.32. The van der Waals surface area contributed by atoms with Crippen LogP contribution in [0.25, 0.3) is 33.5 Å². The molecular formula is C17H8Cl2N4. The van der Waals surface area contributed by atoms with Gasteiger partial charge in [-0.05, 0) is 12.1 Å². The second-order valence-corrected chi connectivity index (χ2v) is 5.85. The molecule has 0 bridgehead atoms. The van der Waals surface area contributed by atoms with Crippen LogP contribution in [0.15, 0.2) is 42.5 Å². The minimum atomic E-state index is 0.389. The maximum absolute atomic E-state index is 9.57. The number of fused-ring (bicyclic) bond motifs is 2. The van der Waals surface area contributed by atoms with Gasteiger partial charge in [-0.15, -0.1) is 0 Å². The van der Waals surface area contributed by atoms with Crippen molar-refractivity contribution in [1.29, 1.82) is 5.26 Å². The van der Waals surface area contributed by atoms with Crippen molar-refractivity contribution in [3.63, 3.8) is 0 Å². The van der Waals surface area contributed by atoms with E-state index in [1.165, 1.54) is 0 Å². The summed E-state index contributed by atoms with van der Waals surface area (Å²) in [6.07, 6.45) is 0. The molecule has 4 rings (SSSR count). The SMILES string of the molecule is N#Cc1c2cc(Cl)c(Cl)cc2nc2nc(-c3ccccc3)[nH]c12. The van der Waals surface area contributed by atoms with Crippen LogP contribution in [0, 0.1) is 11.3 Å². The Morgan fingerprint density at radius 1 is 1.00 bits per heavy atom. The van der Waals surface area contributed by atoms with E-state index in [9.17, 15) is 5.26 Å². The molecule has 0 saturated carbocycles. The van der Waals surface area contributed by atoms with Crippen LogP contribution in [0.1, 0.15) is 5.56 Å². The first-order valence-corrected chi connectivity index (χ1v) is 7.57. The summed E-state index contributed by atoms with van der Waals surface area (Å²) < 4.78 is 0. The second kappa shape index (κ2) is 5.24. The number of nitrogens with zero attached hydrogens (tertiary/aromatic N) is 3. The van der Waals surface area contributed by atoms with E-state index in [4.69, 9.17) is 23.2 Å². The van der Waals surface area contributed by atoms with E-state index in [2.05, 4.69) is 21.0 Å². The fourth-order valence-corrected chi connectivity index (χ4v) is 2.87. The van der Waals surface area contributed by atoms with Gasteiger partial charge >= 0.3 is 0 Å². The number of hydrogen-bond donors (Lipinski definition) is 1. The molecule has 0 fully saturated rings. The molecule has 4 nitrogen and oxygen atoms in total. The molecule has 0 saturated heterocycles. The lowest BCUT2D eigenvalue weighted by atomic mass is 10.1. The van der Waals surface area contributed by atoms with Crippen molar-refractivity contribution in [3.8, 4) is 17.5 Å². The zero-order valence-corrected chi connectivity index (χ0v) is 13.2. The number of H-pyrrole nitrogens is 1. The van der Waals surface area contributed by atoms with Crippen molar-refractivity contribution in [2.75, 3.05) is 0 Å². The summed E-state index contributed by atoms with van der Waals surface area (Å²) in [5.74, 6) is 0.664. The molecule has 2 aromatic heterocycles. The van der Waals surface area contributed by atoms with Crippen molar-refractivity contribution < 1.29 is 0 Å². The van der Waals surface area contributed by atoms with Gasteiger partial charge in [0.05, 0.1) is 21.1 Å². The number of nitriles is 1. The molecule has 0 aliphatic rings. The maximum atomic E-state index is 9.57. The molecule has 110 valence electrons. The first-order chi connectivity index (χ1) is 11.2. The second-order valence-electron chi connectivity index (χ2n) is 5.03. The highest BCUT2D eigenvalue weighted by atomic mass is 35.5. The summed E-state index contributed by atoms with van der Waals surface area (Å²) in [6.45, 7) is 0. The lowest BCUT2D eigenvalue weighted by Crippen LogP contribution is -1.88. The van der Waals surface area contributed by atoms with Crippen LogP contribution in [-0.4, -0.2) is 15.0 Å². The van der Waals surface area contributed by atoms with Crippen LogP contribution in [-0.2, 0) is 0 Å². The first kappa shape index (κ1) is 14.0. The van der Waals surface area contributed by atoms with Crippen molar-refractivity contribution in [2.45, 2.75) is 0 Å². The molecule has 0 amide bonds. The largest absolute Gasteiger partial charge is 0.335 e. The molecule has 0 radical (unpaired) electrons. The normalized spacial score (nSPS) is 11.0. The number of aromatic nitrogens is 3. The number of halogens is 2. The lowest BCUT2D eigenvalue weighted by Gasteiger charge is -2.03. The number of nitrogens with one attached hydrogen (secondary N) is 1. The number of benzene rings is 2. The third kappa shape index (κ3) is 2.22. The summed E-state index contributed by atoms with van der Waals surface area (Å²) in [4.78, 5) is 12.2. The highest BCUT2D eigenvalue weighted by Gasteiger charge is 2.15. The Labute approximate surface area is 141 Å². The lowest BCUT2D eigenvalue weighted by molar-refractivity contribution is 1.32. The van der Waals surface area contributed by atoms with Gasteiger partial charge in [0.25, 0.3) is 0 Å². The topological polar surface area (TPSA) is 65.4 Å². The Morgan fingerprint density at radius 3 is 2.48 bits per heavy atom. The number of pyridine rings is 1. The molecule has 6 heteroatoms. The fourth-order valence-electron chi connectivity index (χ4n) is 2.55. The summed E-state index contributed by atoms with van der Waals surface area (Å²) in [5.41, 5.74) is 3.05. The van der Waals surface area contributed by atoms with Crippen LogP contribution >= 0.6 is 23.2 Å². The van der Waals surface area contributed by atoms with Gasteiger partial charge in [-0.25, -0.2) is 9.97 Å². The van der Waals surface area contributed by atoms with Gasteiger partial charge in [-0.1, -0.05) is 53.5 Å². The molecular weight excluding hydrogens is 331 g/mol. The van der Waals surface area contributed by atoms with Crippen molar-refractivity contribution >= 4 is 45.3 Å². The van der Waals surface area contributed by atoms with E-state index in [1.807, 2.05) is 30.3 Å². The van der Waals surface area contributed by atoms with E-state index >= 15 is 0 Å². The third-order valence-corrected chi connectivity index (χ3v) is 4.35. The van der Waals surface area contributed by atoms with Crippen LogP contribution in [0.3, 0.4) is 0 Å². The number of imidazole rings is 1. The monoisotopic (exact) mass is 338 g/mol. The smallest absolute Gasteiger partial charge is 0.180 e. The van der Waals surface area contributed by atoms with Crippen molar-refractivity contribution in [1.82, 2.24) is 15.0 Å². The van der Waals surface area contributed by atoms with E-state index in [0.29, 0.717) is 43.5 Å². The van der Waals surface area contributed by atoms with Gasteiger partial charge < -0.3 is 4.98 Å². The van der Waals surface area contributed by atoms with E-state index in [-0.39, 0.29) is 0 Å². The van der Waals surface area contributed by atoms with Gasteiger partial charge in [0.2, 0.25) is 0 Å². The molecule has 2 aromatic carbocycles. The van der Waals surface area contributed by atoms with E-state index in [1.54, 1.807) is 12.1 Å². The molecule has 4 aromatic rings.